The van der Waals surface area contributed by atoms with Crippen LogP contribution in [0.1, 0.15) is 33.6 Å². The van der Waals surface area contributed by atoms with Crippen LogP contribution in [0.4, 0.5) is 5.95 Å². The van der Waals surface area contributed by atoms with E-state index in [1.165, 1.54) is 11.1 Å². The van der Waals surface area contributed by atoms with Crippen LogP contribution in [-0.4, -0.2) is 59.5 Å². The van der Waals surface area contributed by atoms with Crippen LogP contribution in [0.25, 0.3) is 5.65 Å². The molecule has 6 rings (SSSR count). The van der Waals surface area contributed by atoms with Crippen molar-refractivity contribution in [3.8, 4) is 23.0 Å². The number of ether oxygens (including phenoxy) is 4. The summed E-state index contributed by atoms with van der Waals surface area (Å²) in [5.41, 5.74) is 6.54. The summed E-state index contributed by atoms with van der Waals surface area (Å²) in [6.45, 7) is 2.94. The van der Waals surface area contributed by atoms with Crippen LogP contribution in [0, 0.1) is 0 Å². The second kappa shape index (κ2) is 12.6. The molecule has 0 unspecified atom stereocenters. The molecule has 0 saturated heterocycles. The molecule has 3 heterocycles. The predicted molar refractivity (Wildman–Crippen MR) is 164 cm³/mol. The van der Waals surface area contributed by atoms with Gasteiger partial charge in [0.05, 0.1) is 28.4 Å². The number of aromatic nitrogens is 4. The fourth-order valence-corrected chi connectivity index (χ4v) is 5.54. The summed E-state index contributed by atoms with van der Waals surface area (Å²) in [6.07, 6.45) is 3.48. The Morgan fingerprint density at radius 2 is 1.51 bits per heavy atom. The molecule has 0 atom stereocenters. The number of methoxy groups -OCH3 is 4. The van der Waals surface area contributed by atoms with Crippen molar-refractivity contribution < 1.29 is 18.9 Å². The fraction of sp³-hybridized carbons (Fsp3) is 0.303. The maximum absolute atomic E-state index is 5.56. The molecule has 1 aliphatic rings. The maximum Gasteiger partial charge on any atom is 0.226 e. The van der Waals surface area contributed by atoms with Crippen molar-refractivity contribution in [2.45, 2.75) is 32.5 Å². The first-order chi connectivity index (χ1) is 21.1. The number of hydrogen-bond donors (Lipinski definition) is 1. The van der Waals surface area contributed by atoms with E-state index in [1.807, 2.05) is 47.1 Å². The Bertz CT molecular complexity index is 1720. The second-order valence-corrected chi connectivity index (χ2v) is 10.5. The minimum absolute atomic E-state index is 0.532. The Hall–Kier alpha value is -4.83. The molecule has 222 valence electrons. The number of fused-ring (bicyclic) bond motifs is 2. The zero-order chi connectivity index (χ0) is 29.8. The van der Waals surface area contributed by atoms with Crippen LogP contribution in [0.3, 0.4) is 0 Å². The molecule has 1 N–H and O–H groups in total. The topological polar surface area (TPSA) is 95.3 Å². The average Bonchev–Trinajstić information content (AvgIpc) is 3.48. The van der Waals surface area contributed by atoms with Crippen molar-refractivity contribution in [3.05, 3.63) is 101 Å². The van der Waals surface area contributed by atoms with Crippen molar-refractivity contribution >= 4 is 11.6 Å². The summed E-state index contributed by atoms with van der Waals surface area (Å²) in [7, 11) is 6.62. The van der Waals surface area contributed by atoms with Gasteiger partial charge in [0.15, 0.2) is 34.5 Å². The Morgan fingerprint density at radius 1 is 0.791 bits per heavy atom. The molecule has 5 aromatic rings. The summed E-state index contributed by atoms with van der Waals surface area (Å²) < 4.78 is 23.8. The van der Waals surface area contributed by atoms with E-state index in [0.717, 1.165) is 59.2 Å². The van der Waals surface area contributed by atoms with Crippen LogP contribution in [-0.2, 0) is 32.5 Å². The van der Waals surface area contributed by atoms with Crippen LogP contribution in [0.2, 0.25) is 0 Å². The Morgan fingerprint density at radius 3 is 2.26 bits per heavy atom. The molecule has 0 amide bonds. The number of anilines is 1. The van der Waals surface area contributed by atoms with Gasteiger partial charge in [-0.3, -0.25) is 4.90 Å². The maximum atomic E-state index is 5.56. The van der Waals surface area contributed by atoms with E-state index in [2.05, 4.69) is 34.5 Å². The smallest absolute Gasteiger partial charge is 0.226 e. The molecule has 0 spiro atoms. The molecule has 10 nitrogen and oxygen atoms in total. The third-order valence-electron chi connectivity index (χ3n) is 7.78. The minimum Gasteiger partial charge on any atom is -0.493 e. The van der Waals surface area contributed by atoms with E-state index in [1.54, 1.807) is 28.4 Å². The number of benzene rings is 3. The van der Waals surface area contributed by atoms with E-state index in [0.29, 0.717) is 37.0 Å². The van der Waals surface area contributed by atoms with Gasteiger partial charge in [0.2, 0.25) is 5.95 Å². The van der Waals surface area contributed by atoms with Gasteiger partial charge >= 0.3 is 0 Å². The van der Waals surface area contributed by atoms with Gasteiger partial charge < -0.3 is 24.3 Å². The van der Waals surface area contributed by atoms with Crippen LogP contribution in [0.15, 0.2) is 66.9 Å². The molecule has 43 heavy (non-hydrogen) atoms. The molecule has 10 heteroatoms. The monoisotopic (exact) mass is 580 g/mol. The molecular formula is C33H36N6O4. The van der Waals surface area contributed by atoms with Gasteiger partial charge in [-0.25, -0.2) is 9.97 Å². The van der Waals surface area contributed by atoms with Gasteiger partial charge in [-0.05, 0) is 52.9 Å². The highest BCUT2D eigenvalue weighted by atomic mass is 16.5. The summed E-state index contributed by atoms with van der Waals surface area (Å²) in [5.74, 6) is 4.26. The zero-order valence-corrected chi connectivity index (χ0v) is 25.0. The molecular weight excluding hydrogens is 544 g/mol. The van der Waals surface area contributed by atoms with Gasteiger partial charge in [-0.15, -0.1) is 5.10 Å². The summed E-state index contributed by atoms with van der Waals surface area (Å²) in [4.78, 5) is 12.2. The van der Waals surface area contributed by atoms with Gasteiger partial charge in [-0.1, -0.05) is 36.4 Å². The molecule has 2 aromatic heterocycles. The summed E-state index contributed by atoms with van der Waals surface area (Å²) in [6, 6.07) is 20.3. The number of rotatable bonds is 11. The van der Waals surface area contributed by atoms with E-state index >= 15 is 0 Å². The second-order valence-electron chi connectivity index (χ2n) is 10.5. The van der Waals surface area contributed by atoms with E-state index < -0.39 is 0 Å². The molecule has 3 aromatic carbocycles. The van der Waals surface area contributed by atoms with Crippen molar-refractivity contribution in [2.75, 3.05) is 40.3 Å². The number of nitrogens with zero attached hydrogens (tertiary/aromatic N) is 5. The first-order valence-electron chi connectivity index (χ1n) is 14.3. The first-order valence-corrected chi connectivity index (χ1v) is 14.3. The summed E-state index contributed by atoms with van der Waals surface area (Å²) >= 11 is 0. The van der Waals surface area contributed by atoms with Crippen LogP contribution < -0.4 is 24.3 Å². The molecule has 0 aliphatic carbocycles. The third-order valence-corrected chi connectivity index (χ3v) is 7.78. The SMILES string of the molecule is COc1ccc(CNc2ncc(CN3CCc4cc(OC)c(OC)cc4C3)c3nc(Cc4ccccc4)nn23)cc1OC. The molecule has 0 radical (unpaired) electrons. The Balaban J connectivity index is 1.28. The van der Waals surface area contributed by atoms with E-state index in [4.69, 9.17) is 34.0 Å². The van der Waals surface area contributed by atoms with Crippen molar-refractivity contribution in [1.82, 2.24) is 24.5 Å². The van der Waals surface area contributed by atoms with E-state index in [-0.39, 0.29) is 0 Å². The lowest BCUT2D eigenvalue weighted by Crippen LogP contribution is -2.30. The van der Waals surface area contributed by atoms with Gasteiger partial charge in [0.1, 0.15) is 0 Å². The lowest BCUT2D eigenvalue weighted by Gasteiger charge is -2.29. The number of hydrogen-bond acceptors (Lipinski definition) is 9. The Labute approximate surface area is 251 Å². The quantitative estimate of drug-likeness (QED) is 0.234. The average molecular weight is 581 g/mol. The van der Waals surface area contributed by atoms with Gasteiger partial charge in [-0.2, -0.15) is 4.52 Å². The molecule has 1 aliphatic heterocycles. The normalized spacial score (nSPS) is 13.0. The highest BCUT2D eigenvalue weighted by Gasteiger charge is 2.22. The Kier molecular flexibility index (Phi) is 8.28. The largest absolute Gasteiger partial charge is 0.493 e. The number of nitrogens with one attached hydrogen (secondary N) is 1. The predicted octanol–water partition coefficient (Wildman–Crippen LogP) is 4.92. The standard InChI is InChI=1S/C33H36N6O4/c1-40-27-11-10-23(14-28(27)41-2)18-34-33-35-19-26(32-36-31(37-39(32)33)15-22-8-6-5-7-9-22)21-38-13-12-24-16-29(42-3)30(43-4)17-25(24)20-38/h5-11,14,16-17,19H,12-13,15,18,20-21H2,1-4H3,(H,34,35). The lowest BCUT2D eigenvalue weighted by molar-refractivity contribution is 0.244. The van der Waals surface area contributed by atoms with Gasteiger partial charge in [0, 0.05) is 44.4 Å². The highest BCUT2D eigenvalue weighted by molar-refractivity contribution is 5.52. The van der Waals surface area contributed by atoms with E-state index in [9.17, 15) is 0 Å². The van der Waals surface area contributed by atoms with Crippen molar-refractivity contribution in [3.63, 3.8) is 0 Å². The fourth-order valence-electron chi connectivity index (χ4n) is 5.54. The van der Waals surface area contributed by atoms with Crippen molar-refractivity contribution in [2.24, 2.45) is 0 Å². The van der Waals surface area contributed by atoms with Gasteiger partial charge in [0.25, 0.3) is 0 Å². The van der Waals surface area contributed by atoms with Crippen LogP contribution >= 0.6 is 0 Å². The zero-order valence-electron chi connectivity index (χ0n) is 25.0. The lowest BCUT2D eigenvalue weighted by atomic mass is 9.98. The summed E-state index contributed by atoms with van der Waals surface area (Å²) in [5, 5.41) is 8.35. The molecule has 0 fully saturated rings. The van der Waals surface area contributed by atoms with Crippen molar-refractivity contribution in [1.29, 1.82) is 0 Å². The molecule has 0 bridgehead atoms. The minimum atomic E-state index is 0.532. The molecule has 0 saturated carbocycles. The first kappa shape index (κ1) is 28.3. The third kappa shape index (κ3) is 6.05. The van der Waals surface area contributed by atoms with Crippen LogP contribution in [0.5, 0.6) is 23.0 Å². The highest BCUT2D eigenvalue weighted by Crippen LogP contribution is 2.34.